The lowest BCUT2D eigenvalue weighted by atomic mass is 10.1. The number of benzene rings is 1. The number of halogens is 3. The highest BCUT2D eigenvalue weighted by Crippen LogP contribution is 2.24. The van der Waals surface area contributed by atoms with Crippen molar-refractivity contribution in [1.29, 1.82) is 0 Å². The van der Waals surface area contributed by atoms with Gasteiger partial charge in [-0.1, -0.05) is 17.7 Å². The van der Waals surface area contributed by atoms with Crippen LogP contribution in [0.4, 0.5) is 0 Å². The molecule has 2 N–H and O–H groups in total. The molecule has 20 heavy (non-hydrogen) atoms. The van der Waals surface area contributed by atoms with Crippen LogP contribution in [-0.2, 0) is 0 Å². The predicted molar refractivity (Wildman–Crippen MR) is 85.4 cm³/mol. The summed E-state index contributed by atoms with van der Waals surface area (Å²) in [5.41, 5.74) is 1.29. The van der Waals surface area contributed by atoms with Gasteiger partial charge in [0.1, 0.15) is 0 Å². The van der Waals surface area contributed by atoms with Gasteiger partial charge in [0.25, 0.3) is 5.91 Å². The third-order valence-electron chi connectivity index (χ3n) is 3.08. The van der Waals surface area contributed by atoms with E-state index in [0.717, 1.165) is 24.0 Å². The summed E-state index contributed by atoms with van der Waals surface area (Å²) in [5, 5.41) is 7.31. The van der Waals surface area contributed by atoms with Crippen LogP contribution in [0.1, 0.15) is 10.4 Å². The number of carbonyl (C=O) groups is 1. The SMILES string of the molecule is Cl.Cl.O=C(NC1CNC1)c1c(Cl)ccc2ncccc12. The maximum absolute atomic E-state index is 12.2. The second-order valence-corrected chi connectivity index (χ2v) is 4.73. The molecule has 1 saturated heterocycles. The van der Waals surface area contributed by atoms with Gasteiger partial charge in [-0.25, -0.2) is 0 Å². The molecule has 0 spiro atoms. The number of aromatic nitrogens is 1. The molecule has 2 heterocycles. The number of rotatable bonds is 2. The highest BCUT2D eigenvalue weighted by molar-refractivity contribution is 6.35. The molecule has 108 valence electrons. The summed E-state index contributed by atoms with van der Waals surface area (Å²) in [6.45, 7) is 1.62. The van der Waals surface area contributed by atoms with Crippen LogP contribution in [0.25, 0.3) is 10.9 Å². The molecule has 0 radical (unpaired) electrons. The fraction of sp³-hybridized carbons (Fsp3) is 0.231. The van der Waals surface area contributed by atoms with Gasteiger partial charge in [0.15, 0.2) is 0 Å². The molecule has 1 aliphatic rings. The van der Waals surface area contributed by atoms with Gasteiger partial charge in [0.05, 0.1) is 22.1 Å². The molecule has 1 aliphatic heterocycles. The normalized spacial score (nSPS) is 13.8. The number of hydrogen-bond donors (Lipinski definition) is 2. The van der Waals surface area contributed by atoms with E-state index in [0.29, 0.717) is 10.6 Å². The van der Waals surface area contributed by atoms with Crippen LogP contribution in [0.15, 0.2) is 30.5 Å². The third-order valence-corrected chi connectivity index (χ3v) is 3.39. The van der Waals surface area contributed by atoms with Crippen LogP contribution < -0.4 is 10.6 Å². The molecule has 0 saturated carbocycles. The molecule has 0 bridgehead atoms. The van der Waals surface area contributed by atoms with E-state index in [-0.39, 0.29) is 36.8 Å². The molecule has 1 aromatic heterocycles. The van der Waals surface area contributed by atoms with Crippen LogP contribution in [-0.4, -0.2) is 30.0 Å². The monoisotopic (exact) mass is 333 g/mol. The Morgan fingerprint density at radius 1 is 1.30 bits per heavy atom. The lowest BCUT2D eigenvalue weighted by molar-refractivity contribution is 0.0926. The van der Waals surface area contributed by atoms with Crippen molar-refractivity contribution in [3.63, 3.8) is 0 Å². The summed E-state index contributed by atoms with van der Waals surface area (Å²) in [4.78, 5) is 16.5. The lowest BCUT2D eigenvalue weighted by Crippen LogP contribution is -2.57. The van der Waals surface area contributed by atoms with Gasteiger partial charge in [-0.3, -0.25) is 9.78 Å². The van der Waals surface area contributed by atoms with Gasteiger partial charge in [0.2, 0.25) is 0 Å². The zero-order valence-electron chi connectivity index (χ0n) is 10.4. The van der Waals surface area contributed by atoms with E-state index in [9.17, 15) is 4.79 Å². The summed E-state index contributed by atoms with van der Waals surface area (Å²) in [7, 11) is 0. The standard InChI is InChI=1S/C13H12ClN3O.2ClH/c14-10-3-4-11-9(2-1-5-16-11)12(10)13(18)17-8-6-15-7-8;;/h1-5,8,15H,6-7H2,(H,17,18);2*1H. The van der Waals surface area contributed by atoms with Gasteiger partial charge in [-0.15, -0.1) is 24.8 Å². The molecule has 7 heteroatoms. The number of carbonyl (C=O) groups excluding carboxylic acids is 1. The molecule has 1 amide bonds. The summed E-state index contributed by atoms with van der Waals surface area (Å²) >= 11 is 6.14. The zero-order valence-corrected chi connectivity index (χ0v) is 12.8. The minimum Gasteiger partial charge on any atom is -0.347 e. The smallest absolute Gasteiger partial charge is 0.253 e. The number of fused-ring (bicyclic) bond motifs is 1. The molecular weight excluding hydrogens is 321 g/mol. The number of nitrogens with zero attached hydrogens (tertiary/aromatic N) is 1. The van der Waals surface area contributed by atoms with E-state index >= 15 is 0 Å². The Kier molecular flexibility index (Phi) is 6.02. The molecule has 1 aromatic carbocycles. The fourth-order valence-electron chi connectivity index (χ4n) is 2.00. The van der Waals surface area contributed by atoms with E-state index in [1.165, 1.54) is 0 Å². The minimum absolute atomic E-state index is 0. The molecule has 2 aromatic rings. The first-order valence-electron chi connectivity index (χ1n) is 5.80. The van der Waals surface area contributed by atoms with Crippen molar-refractivity contribution < 1.29 is 4.79 Å². The average molecular weight is 335 g/mol. The average Bonchev–Trinajstić information content (AvgIpc) is 2.33. The van der Waals surface area contributed by atoms with Crippen molar-refractivity contribution >= 4 is 53.2 Å². The lowest BCUT2D eigenvalue weighted by Gasteiger charge is -2.28. The Bertz CT molecular complexity index is 617. The van der Waals surface area contributed by atoms with E-state index in [4.69, 9.17) is 11.6 Å². The molecule has 1 fully saturated rings. The van der Waals surface area contributed by atoms with Crippen molar-refractivity contribution in [2.75, 3.05) is 13.1 Å². The minimum atomic E-state index is -0.134. The quantitative estimate of drug-likeness (QED) is 0.887. The molecule has 3 rings (SSSR count). The summed E-state index contributed by atoms with van der Waals surface area (Å²) in [6, 6.07) is 7.40. The molecule has 4 nitrogen and oxygen atoms in total. The van der Waals surface area contributed by atoms with Crippen LogP contribution in [0.2, 0.25) is 5.02 Å². The number of nitrogens with one attached hydrogen (secondary N) is 2. The predicted octanol–water partition coefficient (Wildman–Crippen LogP) is 2.43. The molecule has 0 aliphatic carbocycles. The topological polar surface area (TPSA) is 54.0 Å². The van der Waals surface area contributed by atoms with Crippen LogP contribution in [0.5, 0.6) is 0 Å². The van der Waals surface area contributed by atoms with Crippen LogP contribution in [0.3, 0.4) is 0 Å². The fourth-order valence-corrected chi connectivity index (χ4v) is 2.26. The molecular formula is C13H14Cl3N3O. The first-order valence-corrected chi connectivity index (χ1v) is 6.18. The highest BCUT2D eigenvalue weighted by Gasteiger charge is 2.22. The van der Waals surface area contributed by atoms with E-state index in [1.807, 2.05) is 12.1 Å². The van der Waals surface area contributed by atoms with Crippen molar-refractivity contribution in [2.24, 2.45) is 0 Å². The Balaban J connectivity index is 0.000001000. The van der Waals surface area contributed by atoms with Gasteiger partial charge in [0, 0.05) is 24.7 Å². The Hall–Kier alpha value is -1.07. The summed E-state index contributed by atoms with van der Waals surface area (Å²) < 4.78 is 0. The van der Waals surface area contributed by atoms with Crippen LogP contribution in [0, 0.1) is 0 Å². The summed E-state index contributed by atoms with van der Waals surface area (Å²) in [5.74, 6) is -0.134. The number of amides is 1. The maximum atomic E-state index is 12.2. The summed E-state index contributed by atoms with van der Waals surface area (Å²) in [6.07, 6.45) is 1.70. The zero-order chi connectivity index (χ0) is 12.5. The maximum Gasteiger partial charge on any atom is 0.253 e. The van der Waals surface area contributed by atoms with Gasteiger partial charge >= 0.3 is 0 Å². The van der Waals surface area contributed by atoms with Gasteiger partial charge in [-0.2, -0.15) is 0 Å². The van der Waals surface area contributed by atoms with Crippen molar-refractivity contribution in [3.05, 3.63) is 41.0 Å². The molecule has 0 atom stereocenters. The second kappa shape index (κ2) is 7.09. The van der Waals surface area contributed by atoms with E-state index in [1.54, 1.807) is 18.3 Å². The van der Waals surface area contributed by atoms with Crippen molar-refractivity contribution in [1.82, 2.24) is 15.6 Å². The van der Waals surface area contributed by atoms with Gasteiger partial charge < -0.3 is 10.6 Å². The Morgan fingerprint density at radius 2 is 2.05 bits per heavy atom. The van der Waals surface area contributed by atoms with E-state index < -0.39 is 0 Å². The highest BCUT2D eigenvalue weighted by atomic mass is 35.5. The number of hydrogen-bond acceptors (Lipinski definition) is 3. The Labute approximate surface area is 134 Å². The number of pyridine rings is 1. The van der Waals surface area contributed by atoms with Gasteiger partial charge in [-0.05, 0) is 18.2 Å². The molecule has 0 unspecified atom stereocenters. The van der Waals surface area contributed by atoms with E-state index in [2.05, 4.69) is 15.6 Å². The second-order valence-electron chi connectivity index (χ2n) is 4.32. The van der Waals surface area contributed by atoms with Crippen LogP contribution >= 0.6 is 36.4 Å². The third kappa shape index (κ3) is 3.15. The first kappa shape index (κ1) is 17.0. The Morgan fingerprint density at radius 3 is 2.70 bits per heavy atom. The largest absolute Gasteiger partial charge is 0.347 e. The van der Waals surface area contributed by atoms with Crippen molar-refractivity contribution in [2.45, 2.75) is 6.04 Å². The first-order chi connectivity index (χ1) is 8.75. The van der Waals surface area contributed by atoms with Crippen molar-refractivity contribution in [3.8, 4) is 0 Å².